The molecule has 108 valence electrons. The second kappa shape index (κ2) is 6.84. The minimum atomic E-state index is -0.0442. The number of nitrogens with zero attached hydrogens (tertiary/aromatic N) is 2. The second-order valence-electron chi connectivity index (χ2n) is 4.90. The Morgan fingerprint density at radius 2 is 2.10 bits per heavy atom. The van der Waals surface area contributed by atoms with Gasteiger partial charge in [-0.15, -0.1) is 0 Å². The van der Waals surface area contributed by atoms with Crippen LogP contribution in [0.3, 0.4) is 0 Å². The number of hydrogen-bond acceptors (Lipinski definition) is 2. The second-order valence-corrected chi connectivity index (χ2v) is 4.90. The van der Waals surface area contributed by atoms with Crippen molar-refractivity contribution in [2.45, 2.75) is 26.3 Å². The van der Waals surface area contributed by atoms with Gasteiger partial charge in [-0.2, -0.15) is 5.10 Å². The third-order valence-corrected chi connectivity index (χ3v) is 3.39. The fraction of sp³-hybridized carbons (Fsp3) is 0.222. The molecule has 21 heavy (non-hydrogen) atoms. The molecule has 2 rings (SSSR count). The summed E-state index contributed by atoms with van der Waals surface area (Å²) in [6.07, 6.45) is 8.34. The summed E-state index contributed by atoms with van der Waals surface area (Å²) in [5, 5.41) is 6.09. The summed E-state index contributed by atoms with van der Waals surface area (Å²) in [6.45, 7) is 7.25. The van der Waals surface area contributed by atoms with Crippen molar-refractivity contribution in [3.63, 3.8) is 0 Å². The van der Waals surface area contributed by atoms with E-state index in [1.807, 2.05) is 55.5 Å². The third kappa shape index (κ3) is 3.37. The first-order valence-electron chi connectivity index (χ1n) is 7.05. The van der Waals surface area contributed by atoms with Gasteiger partial charge in [-0.05, 0) is 18.1 Å². The SMILES string of the molecule is C=C/C=C(\C=C/C)C1=NN(C(C)=O)C(c2ccccc2)C1. The zero-order chi connectivity index (χ0) is 15.2. The van der Waals surface area contributed by atoms with E-state index in [1.54, 1.807) is 18.0 Å². The maximum atomic E-state index is 11.9. The monoisotopic (exact) mass is 280 g/mol. The van der Waals surface area contributed by atoms with Gasteiger partial charge < -0.3 is 0 Å². The maximum absolute atomic E-state index is 11.9. The van der Waals surface area contributed by atoms with Crippen LogP contribution in [0.4, 0.5) is 0 Å². The first-order valence-corrected chi connectivity index (χ1v) is 7.05. The van der Waals surface area contributed by atoms with Crippen LogP contribution < -0.4 is 0 Å². The Labute approximate surface area is 126 Å². The average molecular weight is 280 g/mol. The molecule has 0 saturated carbocycles. The van der Waals surface area contributed by atoms with Crippen molar-refractivity contribution >= 4 is 11.6 Å². The Balaban J connectivity index is 2.35. The highest BCUT2D eigenvalue weighted by Crippen LogP contribution is 2.32. The summed E-state index contributed by atoms with van der Waals surface area (Å²) in [5.41, 5.74) is 3.01. The van der Waals surface area contributed by atoms with Gasteiger partial charge in [-0.1, -0.05) is 61.2 Å². The van der Waals surface area contributed by atoms with Crippen molar-refractivity contribution < 1.29 is 4.79 Å². The van der Waals surface area contributed by atoms with E-state index in [0.29, 0.717) is 6.42 Å². The summed E-state index contributed by atoms with van der Waals surface area (Å²) in [4.78, 5) is 11.9. The topological polar surface area (TPSA) is 32.7 Å². The van der Waals surface area contributed by atoms with E-state index in [9.17, 15) is 4.79 Å². The van der Waals surface area contributed by atoms with Crippen molar-refractivity contribution in [2.24, 2.45) is 5.10 Å². The summed E-state index contributed by atoms with van der Waals surface area (Å²) >= 11 is 0. The Kier molecular flexibility index (Phi) is 4.88. The number of hydrogen-bond donors (Lipinski definition) is 0. The van der Waals surface area contributed by atoms with Gasteiger partial charge in [0.25, 0.3) is 0 Å². The van der Waals surface area contributed by atoms with Gasteiger partial charge in [0.2, 0.25) is 5.91 Å². The van der Waals surface area contributed by atoms with E-state index in [-0.39, 0.29) is 11.9 Å². The molecule has 1 aliphatic heterocycles. The number of carbonyl (C=O) groups excluding carboxylic acids is 1. The number of allylic oxidation sites excluding steroid dienone is 5. The van der Waals surface area contributed by atoms with Gasteiger partial charge in [-0.25, -0.2) is 5.01 Å². The molecule has 0 aliphatic carbocycles. The summed E-state index contributed by atoms with van der Waals surface area (Å²) in [6, 6.07) is 9.98. The number of hydrazone groups is 1. The lowest BCUT2D eigenvalue weighted by molar-refractivity contribution is -0.130. The molecule has 0 bridgehead atoms. The largest absolute Gasteiger partial charge is 0.273 e. The van der Waals surface area contributed by atoms with E-state index in [0.717, 1.165) is 16.8 Å². The quantitative estimate of drug-likeness (QED) is 0.767. The van der Waals surface area contributed by atoms with Crippen molar-refractivity contribution in [1.29, 1.82) is 0 Å². The molecule has 0 spiro atoms. The van der Waals surface area contributed by atoms with Crippen LogP contribution in [0.5, 0.6) is 0 Å². The molecule has 1 unspecified atom stereocenters. The zero-order valence-corrected chi connectivity index (χ0v) is 12.5. The zero-order valence-electron chi connectivity index (χ0n) is 12.5. The molecule has 1 atom stereocenters. The fourth-order valence-electron chi connectivity index (χ4n) is 2.46. The van der Waals surface area contributed by atoms with Gasteiger partial charge in [0, 0.05) is 13.3 Å². The number of rotatable bonds is 4. The smallest absolute Gasteiger partial charge is 0.240 e. The Hall–Kier alpha value is -2.42. The minimum Gasteiger partial charge on any atom is -0.273 e. The van der Waals surface area contributed by atoms with Crippen LogP contribution in [-0.4, -0.2) is 16.6 Å². The molecule has 0 aromatic heterocycles. The molecular formula is C18H20N2O. The van der Waals surface area contributed by atoms with Crippen LogP contribution in [0.1, 0.15) is 31.9 Å². The van der Waals surface area contributed by atoms with Gasteiger partial charge in [-0.3, -0.25) is 4.79 Å². The van der Waals surface area contributed by atoms with Crippen molar-refractivity contribution in [3.8, 4) is 0 Å². The lowest BCUT2D eigenvalue weighted by atomic mass is 9.98. The molecule has 3 heteroatoms. The lowest BCUT2D eigenvalue weighted by Crippen LogP contribution is -2.24. The summed E-state index contributed by atoms with van der Waals surface area (Å²) in [7, 11) is 0. The fourth-order valence-corrected chi connectivity index (χ4v) is 2.46. The molecule has 0 fully saturated rings. The number of benzene rings is 1. The molecule has 0 saturated heterocycles. The van der Waals surface area contributed by atoms with E-state index < -0.39 is 0 Å². The minimum absolute atomic E-state index is 0.0304. The number of amides is 1. The Bertz CT molecular complexity index is 611. The first-order chi connectivity index (χ1) is 10.2. The molecular weight excluding hydrogens is 260 g/mol. The normalized spacial score (nSPS) is 19.0. The van der Waals surface area contributed by atoms with Crippen molar-refractivity contribution in [3.05, 3.63) is 72.4 Å². The van der Waals surface area contributed by atoms with Crippen LogP contribution in [-0.2, 0) is 4.79 Å². The maximum Gasteiger partial charge on any atom is 0.240 e. The van der Waals surface area contributed by atoms with E-state index in [1.165, 1.54) is 0 Å². The van der Waals surface area contributed by atoms with Gasteiger partial charge in [0.05, 0.1) is 11.8 Å². The predicted octanol–water partition coefficient (Wildman–Crippen LogP) is 4.02. The first kappa shape index (κ1) is 15.0. The van der Waals surface area contributed by atoms with Crippen LogP contribution in [0.25, 0.3) is 0 Å². The average Bonchev–Trinajstić information content (AvgIpc) is 2.93. The third-order valence-electron chi connectivity index (χ3n) is 3.39. The predicted molar refractivity (Wildman–Crippen MR) is 86.8 cm³/mol. The highest BCUT2D eigenvalue weighted by Gasteiger charge is 2.31. The molecule has 1 aliphatic rings. The summed E-state index contributed by atoms with van der Waals surface area (Å²) < 4.78 is 0. The molecule has 0 N–H and O–H groups in total. The Morgan fingerprint density at radius 3 is 2.67 bits per heavy atom. The number of carbonyl (C=O) groups is 1. The van der Waals surface area contributed by atoms with Crippen LogP contribution in [0, 0.1) is 0 Å². The molecule has 1 heterocycles. The van der Waals surface area contributed by atoms with E-state index >= 15 is 0 Å². The van der Waals surface area contributed by atoms with Gasteiger partial charge >= 0.3 is 0 Å². The molecule has 0 radical (unpaired) electrons. The lowest BCUT2D eigenvalue weighted by Gasteiger charge is -2.20. The van der Waals surface area contributed by atoms with Crippen molar-refractivity contribution in [1.82, 2.24) is 5.01 Å². The molecule has 1 amide bonds. The summed E-state index contributed by atoms with van der Waals surface area (Å²) in [5.74, 6) is -0.0442. The molecule has 3 nitrogen and oxygen atoms in total. The molecule has 1 aromatic carbocycles. The standard InChI is InChI=1S/C18H20N2O/c1-4-9-15(10-5-2)17-13-18(20(19-17)14(3)21)16-11-7-6-8-12-16/h4-12,18H,1,13H2,2-3H3/b10-5-,15-9+. The van der Waals surface area contributed by atoms with Crippen LogP contribution in [0.15, 0.2) is 71.9 Å². The van der Waals surface area contributed by atoms with E-state index in [4.69, 9.17) is 0 Å². The van der Waals surface area contributed by atoms with E-state index in [2.05, 4.69) is 11.7 Å². The van der Waals surface area contributed by atoms with Gasteiger partial charge in [0.15, 0.2) is 0 Å². The Morgan fingerprint density at radius 1 is 1.38 bits per heavy atom. The van der Waals surface area contributed by atoms with Gasteiger partial charge in [0.1, 0.15) is 0 Å². The highest BCUT2D eigenvalue weighted by molar-refractivity contribution is 6.05. The van der Waals surface area contributed by atoms with Crippen LogP contribution in [0.2, 0.25) is 0 Å². The highest BCUT2D eigenvalue weighted by atomic mass is 16.2. The van der Waals surface area contributed by atoms with Crippen LogP contribution >= 0.6 is 0 Å². The molecule has 1 aromatic rings. The van der Waals surface area contributed by atoms with Crippen molar-refractivity contribution in [2.75, 3.05) is 0 Å².